The maximum absolute atomic E-state index is 12.7. The molecule has 6 nitrogen and oxygen atoms in total. The van der Waals surface area contributed by atoms with Gasteiger partial charge in [0.05, 0.1) is 4.90 Å². The minimum atomic E-state index is -4.86. The summed E-state index contributed by atoms with van der Waals surface area (Å²) in [6.45, 7) is -0.204. The molecule has 2 aromatic carbocycles. The molecule has 0 amide bonds. The van der Waals surface area contributed by atoms with Crippen LogP contribution in [0.5, 0.6) is 5.75 Å². The summed E-state index contributed by atoms with van der Waals surface area (Å²) in [5.41, 5.74) is -3.81. The van der Waals surface area contributed by atoms with Crippen LogP contribution in [0.1, 0.15) is 16.1 Å². The van der Waals surface area contributed by atoms with E-state index in [4.69, 9.17) is 9.84 Å². The molecule has 0 aliphatic rings. The van der Waals surface area contributed by atoms with Gasteiger partial charge in [0.1, 0.15) is 18.1 Å². The van der Waals surface area contributed by atoms with E-state index in [2.05, 4.69) is 9.68 Å². The number of ether oxygens (including phenoxy) is 1. The van der Waals surface area contributed by atoms with Gasteiger partial charge >= 0.3 is 11.5 Å². The fourth-order valence-corrected chi connectivity index (χ4v) is 3.14. The van der Waals surface area contributed by atoms with Crippen molar-refractivity contribution >= 4 is 16.8 Å². The summed E-state index contributed by atoms with van der Waals surface area (Å²) >= 11 is 0. The van der Waals surface area contributed by atoms with Crippen molar-refractivity contribution in [2.45, 2.75) is 17.0 Å². The number of halogens is 3. The molecule has 1 heterocycles. The van der Waals surface area contributed by atoms with Crippen LogP contribution in [-0.4, -0.2) is 25.9 Å². The van der Waals surface area contributed by atoms with Crippen molar-refractivity contribution in [1.82, 2.24) is 5.16 Å². The molecule has 0 aliphatic heterocycles. The Morgan fingerprint density at radius 1 is 1.14 bits per heavy atom. The highest BCUT2D eigenvalue weighted by Gasteiger charge is 2.39. The lowest BCUT2D eigenvalue weighted by Crippen LogP contribution is -2.18. The molecular weight excluding hydrogens is 399 g/mol. The van der Waals surface area contributed by atoms with E-state index >= 15 is 0 Å². The van der Waals surface area contributed by atoms with Crippen molar-refractivity contribution in [2.75, 3.05) is 0 Å². The summed E-state index contributed by atoms with van der Waals surface area (Å²) in [5, 5.41) is 12.5. The second-order valence-corrected chi connectivity index (χ2v) is 6.96. The summed E-state index contributed by atoms with van der Waals surface area (Å²) in [6.07, 6.45) is 0. The van der Waals surface area contributed by atoms with E-state index in [1.54, 1.807) is 24.3 Å². The fraction of sp³-hybridized carbons (Fsp3) is 0.111. The number of aromatic nitrogens is 1. The van der Waals surface area contributed by atoms with Gasteiger partial charge in [-0.2, -0.15) is 13.2 Å². The summed E-state index contributed by atoms with van der Waals surface area (Å²) in [7, 11) is -3.15. The zero-order valence-electron chi connectivity index (χ0n) is 14.0. The van der Waals surface area contributed by atoms with Crippen LogP contribution < -0.4 is 4.74 Å². The number of hydrogen-bond donors (Lipinski definition) is 1. The second-order valence-electron chi connectivity index (χ2n) is 5.52. The number of nitrogens with zero attached hydrogens (tertiary/aromatic N) is 1. The lowest BCUT2D eigenvalue weighted by Gasteiger charge is -2.12. The number of carboxylic acid groups (broad SMARTS) is 1. The number of rotatable bonds is 6. The Kier molecular flexibility index (Phi) is 5.50. The Balaban J connectivity index is 1.72. The third-order valence-corrected chi connectivity index (χ3v) is 4.87. The number of hydrogen-bond acceptors (Lipinski definition) is 5. The number of benzene rings is 2. The third kappa shape index (κ3) is 4.39. The molecule has 10 heteroatoms. The molecule has 3 aromatic rings. The van der Waals surface area contributed by atoms with Gasteiger partial charge in [-0.05, 0) is 30.3 Å². The van der Waals surface area contributed by atoms with Crippen LogP contribution >= 0.6 is 0 Å². The predicted octanol–water partition coefficient (Wildman–Crippen LogP) is 4.25. The van der Waals surface area contributed by atoms with Gasteiger partial charge in [-0.1, -0.05) is 23.4 Å². The van der Waals surface area contributed by atoms with Gasteiger partial charge in [0.25, 0.3) is 0 Å². The predicted molar refractivity (Wildman–Crippen MR) is 92.1 cm³/mol. The molecule has 0 spiro atoms. The number of carbonyl (C=O) groups is 1. The largest absolute Gasteiger partial charge is 0.489 e. The van der Waals surface area contributed by atoms with Crippen molar-refractivity contribution in [3.8, 4) is 17.0 Å². The monoisotopic (exact) mass is 411 g/mol. The van der Waals surface area contributed by atoms with Crippen molar-refractivity contribution in [1.29, 1.82) is 0 Å². The standard InChI is InChI=1S/C18H12F3NO5S/c19-18(20,21)28(25)16-4-2-1-3-12(16)10-26-13-7-5-11(6-8-13)14-9-15(17(23)24)27-22-14/h1-9H,10H2,(H,23,24). The van der Waals surface area contributed by atoms with Gasteiger partial charge in [-0.25, -0.2) is 9.00 Å². The molecule has 3 rings (SSSR count). The van der Waals surface area contributed by atoms with Crippen molar-refractivity contribution < 1.29 is 36.5 Å². The minimum absolute atomic E-state index is 0.157. The number of carboxylic acids is 1. The van der Waals surface area contributed by atoms with Gasteiger partial charge in [-0.15, -0.1) is 0 Å². The normalized spacial score (nSPS) is 12.5. The van der Waals surface area contributed by atoms with Gasteiger partial charge in [-0.3, -0.25) is 0 Å². The number of alkyl halides is 3. The van der Waals surface area contributed by atoms with Gasteiger partial charge < -0.3 is 14.4 Å². The Labute approximate surface area is 159 Å². The first-order valence-corrected chi connectivity index (χ1v) is 8.90. The average molecular weight is 411 g/mol. The highest BCUT2D eigenvalue weighted by molar-refractivity contribution is 7.86. The third-order valence-electron chi connectivity index (χ3n) is 3.65. The molecule has 0 saturated carbocycles. The van der Waals surface area contributed by atoms with E-state index < -0.39 is 22.3 Å². The molecule has 1 unspecified atom stereocenters. The lowest BCUT2D eigenvalue weighted by atomic mass is 10.1. The summed E-state index contributed by atoms with van der Waals surface area (Å²) in [5.74, 6) is -1.18. The molecular formula is C18H12F3NO5S. The van der Waals surface area contributed by atoms with Crippen molar-refractivity contribution in [2.24, 2.45) is 0 Å². The van der Waals surface area contributed by atoms with Crippen LogP contribution in [0.15, 0.2) is 64.0 Å². The maximum Gasteiger partial charge on any atom is 0.475 e. The highest BCUT2D eigenvalue weighted by Crippen LogP contribution is 2.29. The lowest BCUT2D eigenvalue weighted by molar-refractivity contribution is -0.0385. The number of aromatic carboxylic acids is 1. The van der Waals surface area contributed by atoms with Crippen LogP contribution in [-0.2, 0) is 17.4 Å². The second kappa shape index (κ2) is 7.85. The SMILES string of the molecule is O=C(O)c1cc(-c2ccc(OCc3ccccc3S(=O)C(F)(F)F)cc2)no1. The van der Waals surface area contributed by atoms with Crippen LogP contribution in [0.3, 0.4) is 0 Å². The molecule has 0 saturated heterocycles. The van der Waals surface area contributed by atoms with Crippen molar-refractivity contribution in [3.63, 3.8) is 0 Å². The summed E-state index contributed by atoms with van der Waals surface area (Å²) in [4.78, 5) is 10.5. The van der Waals surface area contributed by atoms with Gasteiger partial charge in [0.2, 0.25) is 5.76 Å². The molecule has 1 N–H and O–H groups in total. The molecule has 0 radical (unpaired) electrons. The Hall–Kier alpha value is -3.14. The van der Waals surface area contributed by atoms with Crippen LogP contribution in [0, 0.1) is 0 Å². The van der Waals surface area contributed by atoms with E-state index in [0.29, 0.717) is 17.0 Å². The first kappa shape index (κ1) is 19.6. The van der Waals surface area contributed by atoms with Crippen molar-refractivity contribution in [3.05, 3.63) is 65.9 Å². The Bertz CT molecular complexity index is 1010. The smallest absolute Gasteiger partial charge is 0.475 e. The van der Waals surface area contributed by atoms with Crippen LogP contribution in [0.4, 0.5) is 13.2 Å². The minimum Gasteiger partial charge on any atom is -0.489 e. The van der Waals surface area contributed by atoms with Gasteiger partial charge in [0.15, 0.2) is 10.8 Å². The van der Waals surface area contributed by atoms with E-state index in [1.165, 1.54) is 24.3 Å². The van der Waals surface area contributed by atoms with E-state index in [9.17, 15) is 22.2 Å². The van der Waals surface area contributed by atoms with Gasteiger partial charge in [0, 0.05) is 17.2 Å². The van der Waals surface area contributed by atoms with E-state index in [-0.39, 0.29) is 22.8 Å². The van der Waals surface area contributed by atoms with Crippen LogP contribution in [0.25, 0.3) is 11.3 Å². The Morgan fingerprint density at radius 3 is 2.43 bits per heavy atom. The fourth-order valence-electron chi connectivity index (χ4n) is 2.32. The first-order valence-electron chi connectivity index (χ1n) is 7.75. The molecule has 1 atom stereocenters. The maximum atomic E-state index is 12.7. The molecule has 0 bridgehead atoms. The topological polar surface area (TPSA) is 89.6 Å². The molecule has 146 valence electrons. The molecule has 0 aliphatic carbocycles. The zero-order chi connectivity index (χ0) is 20.3. The Morgan fingerprint density at radius 2 is 1.82 bits per heavy atom. The zero-order valence-corrected chi connectivity index (χ0v) is 14.8. The first-order chi connectivity index (χ1) is 13.3. The molecule has 28 heavy (non-hydrogen) atoms. The molecule has 1 aromatic heterocycles. The van der Waals surface area contributed by atoms with E-state index in [0.717, 1.165) is 6.07 Å². The quantitative estimate of drug-likeness (QED) is 0.652. The highest BCUT2D eigenvalue weighted by atomic mass is 32.2. The molecule has 0 fully saturated rings. The average Bonchev–Trinajstić information content (AvgIpc) is 3.16. The van der Waals surface area contributed by atoms with E-state index in [1.807, 2.05) is 0 Å². The summed E-state index contributed by atoms with van der Waals surface area (Å²) in [6, 6.07) is 13.0. The van der Waals surface area contributed by atoms with Crippen LogP contribution in [0.2, 0.25) is 0 Å². The summed E-state index contributed by atoms with van der Waals surface area (Å²) < 4.78 is 60.0.